The molecule has 0 aliphatic rings. The van der Waals surface area contributed by atoms with E-state index in [-0.39, 0.29) is 5.04 Å². The van der Waals surface area contributed by atoms with E-state index in [0.717, 1.165) is 12.2 Å². The second kappa shape index (κ2) is 8.41. The lowest BCUT2D eigenvalue weighted by Crippen LogP contribution is -2.40. The molecule has 0 atom stereocenters. The van der Waals surface area contributed by atoms with Gasteiger partial charge in [-0.25, -0.2) is 0 Å². The summed E-state index contributed by atoms with van der Waals surface area (Å²) in [6, 6.07) is 14.9. The highest BCUT2D eigenvalue weighted by molar-refractivity contribution is 6.74. The summed E-state index contributed by atoms with van der Waals surface area (Å²) in [7, 11) is -1.70. The van der Waals surface area contributed by atoms with Crippen molar-refractivity contribution in [1.82, 2.24) is 0 Å². The maximum absolute atomic E-state index is 6.34. The standard InChI is InChI=1S/C23H34O2Si/c1-18-8-12-22(13-9-18)24-15-14-21-11-10-20(16-19(21)2)17-25-26(6,7)23(3,4)5/h8-13,16H,14-15,17H2,1-7H3. The Morgan fingerprint density at radius 3 is 2.15 bits per heavy atom. The van der Waals surface area contributed by atoms with Crippen LogP contribution in [0.4, 0.5) is 0 Å². The molecule has 0 spiro atoms. The minimum absolute atomic E-state index is 0.245. The Kier molecular flexibility index (Phi) is 6.70. The van der Waals surface area contributed by atoms with E-state index >= 15 is 0 Å². The van der Waals surface area contributed by atoms with E-state index in [0.29, 0.717) is 13.2 Å². The number of hydrogen-bond acceptors (Lipinski definition) is 2. The van der Waals surface area contributed by atoms with Gasteiger partial charge in [-0.2, -0.15) is 0 Å². The first kappa shape index (κ1) is 20.7. The summed E-state index contributed by atoms with van der Waals surface area (Å²) < 4.78 is 12.2. The molecule has 142 valence electrons. The second-order valence-electron chi connectivity index (χ2n) is 8.72. The van der Waals surface area contributed by atoms with Gasteiger partial charge in [0.25, 0.3) is 0 Å². The lowest BCUT2D eigenvalue weighted by Gasteiger charge is -2.36. The molecule has 0 radical (unpaired) electrons. The molecule has 0 heterocycles. The molecule has 0 fully saturated rings. The van der Waals surface area contributed by atoms with Crippen molar-refractivity contribution in [2.75, 3.05) is 6.61 Å². The molecular weight excluding hydrogens is 336 g/mol. The molecule has 0 N–H and O–H groups in total. The SMILES string of the molecule is Cc1ccc(OCCc2ccc(CO[Si](C)(C)C(C)(C)C)cc2C)cc1. The van der Waals surface area contributed by atoms with Crippen LogP contribution in [-0.4, -0.2) is 14.9 Å². The molecule has 0 amide bonds. The van der Waals surface area contributed by atoms with Crippen molar-refractivity contribution in [1.29, 1.82) is 0 Å². The van der Waals surface area contributed by atoms with Gasteiger partial charge in [-0.15, -0.1) is 0 Å². The number of benzene rings is 2. The molecule has 2 aromatic carbocycles. The van der Waals surface area contributed by atoms with Gasteiger partial charge in [-0.1, -0.05) is 56.7 Å². The summed E-state index contributed by atoms with van der Waals surface area (Å²) in [5.74, 6) is 0.938. The van der Waals surface area contributed by atoms with Gasteiger partial charge in [0.2, 0.25) is 0 Å². The average molecular weight is 371 g/mol. The van der Waals surface area contributed by atoms with Crippen LogP contribution in [0.2, 0.25) is 18.1 Å². The van der Waals surface area contributed by atoms with Crippen molar-refractivity contribution < 1.29 is 9.16 Å². The van der Waals surface area contributed by atoms with Crippen LogP contribution in [0.15, 0.2) is 42.5 Å². The maximum atomic E-state index is 6.34. The fraction of sp³-hybridized carbons (Fsp3) is 0.478. The monoisotopic (exact) mass is 370 g/mol. The fourth-order valence-electron chi connectivity index (χ4n) is 2.52. The topological polar surface area (TPSA) is 18.5 Å². The van der Waals surface area contributed by atoms with E-state index < -0.39 is 8.32 Å². The lowest BCUT2D eigenvalue weighted by molar-refractivity contribution is 0.276. The minimum atomic E-state index is -1.70. The van der Waals surface area contributed by atoms with E-state index in [1.54, 1.807) is 0 Å². The Labute approximate surface area is 160 Å². The van der Waals surface area contributed by atoms with Gasteiger partial charge in [0.15, 0.2) is 8.32 Å². The molecule has 0 saturated carbocycles. The van der Waals surface area contributed by atoms with Gasteiger partial charge in [0.1, 0.15) is 5.75 Å². The molecule has 2 nitrogen and oxygen atoms in total. The first-order valence-electron chi connectivity index (χ1n) is 9.50. The first-order chi connectivity index (χ1) is 12.1. The zero-order valence-electron chi connectivity index (χ0n) is 17.5. The van der Waals surface area contributed by atoms with Crippen LogP contribution in [0.3, 0.4) is 0 Å². The van der Waals surface area contributed by atoms with Crippen molar-refractivity contribution in [2.24, 2.45) is 0 Å². The minimum Gasteiger partial charge on any atom is -0.493 e. The van der Waals surface area contributed by atoms with Crippen LogP contribution < -0.4 is 4.74 Å². The van der Waals surface area contributed by atoms with E-state index in [2.05, 4.69) is 78.0 Å². The molecule has 3 heteroatoms. The van der Waals surface area contributed by atoms with Crippen LogP contribution in [0.1, 0.15) is 43.0 Å². The molecule has 0 unspecified atom stereocenters. The molecule has 0 saturated heterocycles. The molecule has 0 aliphatic carbocycles. The third-order valence-electron chi connectivity index (χ3n) is 5.47. The summed E-state index contributed by atoms with van der Waals surface area (Å²) >= 11 is 0. The number of hydrogen-bond donors (Lipinski definition) is 0. The van der Waals surface area contributed by atoms with Crippen LogP contribution in [0, 0.1) is 13.8 Å². The highest BCUT2D eigenvalue weighted by Crippen LogP contribution is 2.37. The fourth-order valence-corrected chi connectivity index (χ4v) is 3.48. The highest BCUT2D eigenvalue weighted by atomic mass is 28.4. The van der Waals surface area contributed by atoms with Gasteiger partial charge < -0.3 is 9.16 Å². The predicted octanol–water partition coefficient (Wildman–Crippen LogP) is 6.45. The molecular formula is C23H34O2Si. The second-order valence-corrected chi connectivity index (χ2v) is 13.5. The van der Waals surface area contributed by atoms with Crippen molar-refractivity contribution >= 4 is 8.32 Å². The van der Waals surface area contributed by atoms with Crippen LogP contribution in [0.5, 0.6) is 5.75 Å². The van der Waals surface area contributed by atoms with Crippen LogP contribution in [-0.2, 0) is 17.5 Å². The number of rotatable bonds is 7. The number of aryl methyl sites for hydroxylation is 2. The van der Waals surface area contributed by atoms with Crippen molar-refractivity contribution in [3.8, 4) is 5.75 Å². The van der Waals surface area contributed by atoms with Gasteiger partial charge in [0, 0.05) is 6.42 Å². The van der Waals surface area contributed by atoms with Crippen LogP contribution >= 0.6 is 0 Å². The molecule has 0 bridgehead atoms. The predicted molar refractivity (Wildman–Crippen MR) is 114 cm³/mol. The quantitative estimate of drug-likeness (QED) is 0.522. The first-order valence-corrected chi connectivity index (χ1v) is 12.4. The van der Waals surface area contributed by atoms with E-state index in [9.17, 15) is 0 Å². The van der Waals surface area contributed by atoms with E-state index in [1.165, 1.54) is 22.3 Å². The molecule has 2 rings (SSSR count). The van der Waals surface area contributed by atoms with Gasteiger partial charge in [-0.3, -0.25) is 0 Å². The maximum Gasteiger partial charge on any atom is 0.192 e. The summed E-state index contributed by atoms with van der Waals surface area (Å²) in [6.07, 6.45) is 0.920. The highest BCUT2D eigenvalue weighted by Gasteiger charge is 2.36. The Morgan fingerprint density at radius 2 is 1.58 bits per heavy atom. The van der Waals surface area contributed by atoms with Gasteiger partial charge in [-0.05, 0) is 60.8 Å². The third kappa shape index (κ3) is 5.71. The summed E-state index contributed by atoms with van der Waals surface area (Å²) in [5.41, 5.74) is 5.17. The van der Waals surface area contributed by atoms with Crippen molar-refractivity contribution in [2.45, 2.75) is 65.8 Å². The van der Waals surface area contributed by atoms with Gasteiger partial charge in [0.05, 0.1) is 13.2 Å². The largest absolute Gasteiger partial charge is 0.493 e. The average Bonchev–Trinajstić information content (AvgIpc) is 2.55. The van der Waals surface area contributed by atoms with Crippen molar-refractivity contribution in [3.63, 3.8) is 0 Å². The smallest absolute Gasteiger partial charge is 0.192 e. The third-order valence-corrected chi connectivity index (χ3v) is 9.95. The Morgan fingerprint density at radius 1 is 0.923 bits per heavy atom. The normalized spacial score (nSPS) is 12.3. The molecule has 26 heavy (non-hydrogen) atoms. The summed E-state index contributed by atoms with van der Waals surface area (Å²) in [4.78, 5) is 0. The molecule has 2 aromatic rings. The lowest BCUT2D eigenvalue weighted by atomic mass is 10.0. The molecule has 0 aromatic heterocycles. The zero-order chi connectivity index (χ0) is 19.4. The Balaban J connectivity index is 1.89. The summed E-state index contributed by atoms with van der Waals surface area (Å²) in [6.45, 7) is 17.1. The summed E-state index contributed by atoms with van der Waals surface area (Å²) in [5, 5.41) is 0.245. The van der Waals surface area contributed by atoms with Crippen LogP contribution in [0.25, 0.3) is 0 Å². The Hall–Kier alpha value is -1.58. The molecule has 0 aliphatic heterocycles. The Bertz CT molecular complexity index is 712. The zero-order valence-corrected chi connectivity index (χ0v) is 18.5. The number of ether oxygens (including phenoxy) is 1. The van der Waals surface area contributed by atoms with Crippen molar-refractivity contribution in [3.05, 3.63) is 64.7 Å². The van der Waals surface area contributed by atoms with E-state index in [4.69, 9.17) is 9.16 Å². The van der Waals surface area contributed by atoms with E-state index in [1.807, 2.05) is 12.1 Å². The van der Waals surface area contributed by atoms with Gasteiger partial charge >= 0.3 is 0 Å².